The smallest absolute Gasteiger partial charge is 0.160 e. The van der Waals surface area contributed by atoms with E-state index >= 15 is 0 Å². The maximum Gasteiger partial charge on any atom is 0.160 e. The van der Waals surface area contributed by atoms with Crippen molar-refractivity contribution in [2.45, 2.75) is 5.41 Å². The van der Waals surface area contributed by atoms with E-state index in [1.165, 1.54) is 43.8 Å². The van der Waals surface area contributed by atoms with Crippen LogP contribution >= 0.6 is 0 Å². The van der Waals surface area contributed by atoms with Gasteiger partial charge in [-0.3, -0.25) is 0 Å². The average Bonchev–Trinajstić information content (AvgIpc) is 3.59. The monoisotopic (exact) mass is 738 g/mol. The van der Waals surface area contributed by atoms with Gasteiger partial charge in [0.25, 0.3) is 0 Å². The van der Waals surface area contributed by atoms with E-state index in [2.05, 4.69) is 188 Å². The summed E-state index contributed by atoms with van der Waals surface area (Å²) in [5.41, 5.74) is 13.9. The number of benzene rings is 9. The Morgan fingerprint density at radius 1 is 0.328 bits per heavy atom. The normalized spacial score (nSPS) is 13.1. The van der Waals surface area contributed by atoms with Crippen molar-refractivity contribution < 1.29 is 4.74 Å². The standard InChI is InChI=1S/C55H34N2O/c1-2-14-36(15-3-1)54-56-50(34-51(57-54)41-27-29-43-39(32-41)26-25-35-13-4-5-18-42(35)43)40-17-12-16-37(31-40)38-28-30-53-49(33-38)55(48-23-10-11-24-52(48)58-53)46-21-8-6-19-44(46)45-20-7-9-22-47(45)55/h1-34H. The summed E-state index contributed by atoms with van der Waals surface area (Å²) in [6.45, 7) is 0. The highest BCUT2D eigenvalue weighted by Crippen LogP contribution is 2.62. The van der Waals surface area contributed by atoms with Crippen molar-refractivity contribution in [3.63, 3.8) is 0 Å². The van der Waals surface area contributed by atoms with Gasteiger partial charge in [-0.2, -0.15) is 0 Å². The fourth-order valence-corrected chi connectivity index (χ4v) is 9.53. The SMILES string of the molecule is c1ccc(-c2nc(-c3cccc(-c4ccc5c(c4)C4(c6ccccc6O5)c5ccccc5-c5ccccc54)c3)cc(-c3ccc4c(ccc5ccccc54)c3)n2)cc1. The Morgan fingerprint density at radius 2 is 0.897 bits per heavy atom. The van der Waals surface area contributed by atoms with E-state index in [1.807, 2.05) is 18.2 Å². The van der Waals surface area contributed by atoms with Crippen LogP contribution in [0, 0.1) is 0 Å². The number of para-hydroxylation sites is 1. The number of hydrogen-bond acceptors (Lipinski definition) is 3. The van der Waals surface area contributed by atoms with Crippen LogP contribution in [0.1, 0.15) is 22.3 Å². The second-order valence-corrected chi connectivity index (χ2v) is 15.3. The van der Waals surface area contributed by atoms with Crippen LogP contribution in [0.5, 0.6) is 11.5 Å². The van der Waals surface area contributed by atoms with Gasteiger partial charge in [0.15, 0.2) is 5.82 Å². The number of nitrogens with zero attached hydrogens (tertiary/aromatic N) is 2. The fraction of sp³-hybridized carbons (Fsp3) is 0.0182. The molecule has 0 bridgehead atoms. The third-order valence-corrected chi connectivity index (χ3v) is 12.1. The highest BCUT2D eigenvalue weighted by Gasteiger charge is 2.51. The minimum Gasteiger partial charge on any atom is -0.457 e. The molecule has 12 rings (SSSR count). The van der Waals surface area contributed by atoms with Gasteiger partial charge in [-0.1, -0.05) is 170 Å². The molecule has 0 atom stereocenters. The van der Waals surface area contributed by atoms with E-state index in [0.717, 1.165) is 61.8 Å². The Kier molecular flexibility index (Phi) is 7.14. The van der Waals surface area contributed by atoms with Crippen molar-refractivity contribution in [3.8, 4) is 67.7 Å². The Bertz CT molecular complexity index is 3230. The number of ether oxygens (including phenoxy) is 1. The van der Waals surface area contributed by atoms with Crippen molar-refractivity contribution in [1.29, 1.82) is 0 Å². The molecule has 3 heteroatoms. The molecule has 0 N–H and O–H groups in total. The van der Waals surface area contributed by atoms with Crippen LogP contribution < -0.4 is 4.74 Å². The van der Waals surface area contributed by atoms with Gasteiger partial charge < -0.3 is 4.74 Å². The van der Waals surface area contributed by atoms with Crippen LogP contribution in [-0.4, -0.2) is 9.97 Å². The van der Waals surface area contributed by atoms with E-state index in [4.69, 9.17) is 14.7 Å². The van der Waals surface area contributed by atoms with Crippen molar-refractivity contribution in [3.05, 3.63) is 229 Å². The summed E-state index contributed by atoms with van der Waals surface area (Å²) in [4.78, 5) is 10.4. The molecule has 0 unspecified atom stereocenters. The Balaban J connectivity index is 1.01. The van der Waals surface area contributed by atoms with Crippen LogP contribution in [0.4, 0.5) is 0 Å². The molecule has 58 heavy (non-hydrogen) atoms. The molecule has 0 fully saturated rings. The summed E-state index contributed by atoms with van der Waals surface area (Å²) in [6.07, 6.45) is 0. The molecule has 3 nitrogen and oxygen atoms in total. The van der Waals surface area contributed by atoms with Crippen LogP contribution in [0.2, 0.25) is 0 Å². The number of hydrogen-bond donors (Lipinski definition) is 0. The molecule has 9 aromatic carbocycles. The molecule has 0 amide bonds. The maximum absolute atomic E-state index is 6.72. The van der Waals surface area contributed by atoms with Crippen molar-refractivity contribution in [2.24, 2.45) is 0 Å². The summed E-state index contributed by atoms with van der Waals surface area (Å²) in [7, 11) is 0. The summed E-state index contributed by atoms with van der Waals surface area (Å²) in [6, 6.07) is 73.7. The number of rotatable bonds is 4. The van der Waals surface area contributed by atoms with Gasteiger partial charge in [0.1, 0.15) is 11.5 Å². The van der Waals surface area contributed by atoms with Crippen LogP contribution in [-0.2, 0) is 5.41 Å². The van der Waals surface area contributed by atoms with Crippen LogP contribution in [0.25, 0.3) is 77.7 Å². The zero-order valence-corrected chi connectivity index (χ0v) is 31.4. The van der Waals surface area contributed by atoms with Crippen molar-refractivity contribution >= 4 is 21.5 Å². The maximum atomic E-state index is 6.72. The van der Waals surface area contributed by atoms with Crippen molar-refractivity contribution in [1.82, 2.24) is 9.97 Å². The van der Waals surface area contributed by atoms with E-state index in [9.17, 15) is 0 Å². The van der Waals surface area contributed by atoms with E-state index in [0.29, 0.717) is 5.82 Å². The highest BCUT2D eigenvalue weighted by atomic mass is 16.5. The molecular formula is C55H34N2O. The minimum atomic E-state index is -0.525. The molecule has 1 aliphatic carbocycles. The zero-order chi connectivity index (χ0) is 38.2. The first kappa shape index (κ1) is 32.6. The molecule has 0 saturated heterocycles. The summed E-state index contributed by atoms with van der Waals surface area (Å²) >= 11 is 0. The summed E-state index contributed by atoms with van der Waals surface area (Å²) in [5, 5.41) is 4.91. The molecule has 0 radical (unpaired) electrons. The third-order valence-electron chi connectivity index (χ3n) is 12.1. The first-order valence-electron chi connectivity index (χ1n) is 19.8. The van der Waals surface area contributed by atoms with Gasteiger partial charge in [0, 0.05) is 27.8 Å². The molecular weight excluding hydrogens is 705 g/mol. The minimum absolute atomic E-state index is 0.525. The van der Waals surface area contributed by atoms with Crippen molar-refractivity contribution in [2.75, 3.05) is 0 Å². The van der Waals surface area contributed by atoms with E-state index in [1.54, 1.807) is 0 Å². The third kappa shape index (κ3) is 4.87. The van der Waals surface area contributed by atoms with E-state index in [-0.39, 0.29) is 0 Å². The van der Waals surface area contributed by atoms with Gasteiger partial charge in [0.2, 0.25) is 0 Å². The molecule has 2 heterocycles. The Hall–Kier alpha value is -7.62. The summed E-state index contributed by atoms with van der Waals surface area (Å²) in [5.74, 6) is 2.47. The van der Waals surface area contributed by atoms with Crippen LogP contribution in [0.15, 0.2) is 206 Å². The predicted octanol–water partition coefficient (Wildman–Crippen LogP) is 13.9. The van der Waals surface area contributed by atoms with Gasteiger partial charge in [0.05, 0.1) is 16.8 Å². The number of fused-ring (bicyclic) bond motifs is 12. The first-order valence-corrected chi connectivity index (χ1v) is 19.8. The average molecular weight is 739 g/mol. The van der Waals surface area contributed by atoms with Gasteiger partial charge >= 0.3 is 0 Å². The van der Waals surface area contributed by atoms with Crippen LogP contribution in [0.3, 0.4) is 0 Å². The fourth-order valence-electron chi connectivity index (χ4n) is 9.53. The molecule has 1 aromatic heterocycles. The molecule has 10 aromatic rings. The zero-order valence-electron chi connectivity index (χ0n) is 31.4. The van der Waals surface area contributed by atoms with Gasteiger partial charge in [-0.05, 0) is 91.3 Å². The molecule has 0 saturated carbocycles. The Morgan fingerprint density at radius 3 is 1.71 bits per heavy atom. The lowest BCUT2D eigenvalue weighted by atomic mass is 9.66. The Labute approximate surface area is 336 Å². The van der Waals surface area contributed by atoms with E-state index < -0.39 is 5.41 Å². The number of aromatic nitrogens is 2. The molecule has 1 aliphatic heterocycles. The molecule has 1 spiro atoms. The lowest BCUT2D eigenvalue weighted by Gasteiger charge is -2.39. The largest absolute Gasteiger partial charge is 0.457 e. The lowest BCUT2D eigenvalue weighted by molar-refractivity contribution is 0.436. The lowest BCUT2D eigenvalue weighted by Crippen LogP contribution is -2.32. The van der Waals surface area contributed by atoms with Gasteiger partial charge in [-0.15, -0.1) is 0 Å². The topological polar surface area (TPSA) is 35.0 Å². The molecule has 2 aliphatic rings. The predicted molar refractivity (Wildman–Crippen MR) is 236 cm³/mol. The molecule has 270 valence electrons. The first-order chi connectivity index (χ1) is 28.7. The quantitative estimate of drug-likeness (QED) is 0.169. The second kappa shape index (κ2) is 12.7. The highest BCUT2D eigenvalue weighted by molar-refractivity contribution is 6.08. The second-order valence-electron chi connectivity index (χ2n) is 15.3. The van der Waals surface area contributed by atoms with Gasteiger partial charge in [-0.25, -0.2) is 9.97 Å². The summed E-state index contributed by atoms with van der Waals surface area (Å²) < 4.78 is 6.72.